The van der Waals surface area contributed by atoms with Crippen molar-refractivity contribution in [2.24, 2.45) is 0 Å². The Kier molecular flexibility index (Phi) is 5.49. The molecule has 0 atom stereocenters. The molecular weight excluding hydrogens is 316 g/mol. The molecule has 0 heterocycles. The monoisotopic (exact) mass is 330 g/mol. The zero-order valence-electron chi connectivity index (χ0n) is 12.4. The first-order valence-corrected chi connectivity index (χ1v) is 7.29. The maximum atomic E-state index is 11.9. The van der Waals surface area contributed by atoms with E-state index in [1.54, 1.807) is 42.5 Å². The molecule has 0 saturated heterocycles. The number of benzene rings is 2. The molecule has 0 fully saturated rings. The maximum Gasteiger partial charge on any atom is 0.313 e. The van der Waals surface area contributed by atoms with Crippen LogP contribution in [-0.4, -0.2) is 17.6 Å². The Balaban J connectivity index is 1.95. The van der Waals surface area contributed by atoms with Crippen LogP contribution in [-0.2, 0) is 16.1 Å². The number of amides is 2. The van der Waals surface area contributed by atoms with Crippen LogP contribution in [0.25, 0.3) is 0 Å². The van der Waals surface area contributed by atoms with Gasteiger partial charge in [-0.15, -0.1) is 0 Å². The number of rotatable bonds is 4. The number of carbonyl (C=O) groups is 3. The second kappa shape index (κ2) is 7.56. The Morgan fingerprint density at radius 2 is 1.74 bits per heavy atom. The lowest BCUT2D eigenvalue weighted by Gasteiger charge is -2.08. The molecular formula is C17H15ClN2O3. The van der Waals surface area contributed by atoms with Crippen LogP contribution in [0.3, 0.4) is 0 Å². The molecule has 118 valence electrons. The SMILES string of the molecule is CC(=O)c1cccc(NC(=O)C(=O)NCc2ccccc2Cl)c1. The molecule has 0 aliphatic rings. The fraction of sp³-hybridized carbons (Fsp3) is 0.118. The van der Waals surface area contributed by atoms with E-state index < -0.39 is 11.8 Å². The summed E-state index contributed by atoms with van der Waals surface area (Å²) in [5, 5.41) is 5.46. The topological polar surface area (TPSA) is 75.3 Å². The minimum Gasteiger partial charge on any atom is -0.344 e. The molecule has 0 bridgehead atoms. The van der Waals surface area contributed by atoms with Crippen molar-refractivity contribution in [2.75, 3.05) is 5.32 Å². The Bertz CT molecular complexity index is 759. The van der Waals surface area contributed by atoms with Crippen molar-refractivity contribution in [1.29, 1.82) is 0 Å². The molecule has 2 N–H and O–H groups in total. The van der Waals surface area contributed by atoms with Crippen molar-refractivity contribution in [3.8, 4) is 0 Å². The van der Waals surface area contributed by atoms with Crippen LogP contribution in [0.2, 0.25) is 5.02 Å². The Labute approximate surface area is 138 Å². The molecule has 0 radical (unpaired) electrons. The van der Waals surface area contributed by atoms with Crippen molar-refractivity contribution in [3.63, 3.8) is 0 Å². The highest BCUT2D eigenvalue weighted by Crippen LogP contribution is 2.14. The van der Waals surface area contributed by atoms with Gasteiger partial charge in [0.25, 0.3) is 0 Å². The highest BCUT2D eigenvalue weighted by molar-refractivity contribution is 6.39. The third kappa shape index (κ3) is 4.66. The zero-order chi connectivity index (χ0) is 16.8. The summed E-state index contributed by atoms with van der Waals surface area (Å²) in [4.78, 5) is 35.0. The first-order valence-electron chi connectivity index (χ1n) is 6.91. The van der Waals surface area contributed by atoms with Gasteiger partial charge in [0.2, 0.25) is 0 Å². The fourth-order valence-electron chi connectivity index (χ4n) is 1.90. The number of Topliss-reactive ketones (excluding diaryl/α,β-unsaturated/α-hetero) is 1. The molecule has 2 amide bonds. The Morgan fingerprint density at radius 1 is 1.00 bits per heavy atom. The highest BCUT2D eigenvalue weighted by atomic mass is 35.5. The van der Waals surface area contributed by atoms with Crippen LogP contribution in [0.15, 0.2) is 48.5 Å². The molecule has 0 aliphatic heterocycles. The van der Waals surface area contributed by atoms with Crippen LogP contribution in [0.5, 0.6) is 0 Å². The van der Waals surface area contributed by atoms with E-state index in [1.165, 1.54) is 13.0 Å². The third-order valence-corrected chi connectivity index (χ3v) is 3.50. The average molecular weight is 331 g/mol. The average Bonchev–Trinajstić information content (AvgIpc) is 2.54. The molecule has 0 saturated carbocycles. The van der Waals surface area contributed by atoms with Gasteiger partial charge in [-0.1, -0.05) is 41.9 Å². The van der Waals surface area contributed by atoms with Crippen molar-refractivity contribution in [2.45, 2.75) is 13.5 Å². The first kappa shape index (κ1) is 16.7. The van der Waals surface area contributed by atoms with Gasteiger partial charge in [0, 0.05) is 22.8 Å². The predicted octanol–water partition coefficient (Wildman–Crippen LogP) is 2.80. The molecule has 0 aromatic heterocycles. The number of halogens is 1. The molecule has 0 aliphatic carbocycles. The third-order valence-electron chi connectivity index (χ3n) is 3.13. The Morgan fingerprint density at radius 3 is 2.43 bits per heavy atom. The van der Waals surface area contributed by atoms with E-state index in [2.05, 4.69) is 10.6 Å². The van der Waals surface area contributed by atoms with Gasteiger partial charge in [-0.3, -0.25) is 14.4 Å². The van der Waals surface area contributed by atoms with E-state index in [4.69, 9.17) is 11.6 Å². The molecule has 2 aromatic carbocycles. The van der Waals surface area contributed by atoms with E-state index >= 15 is 0 Å². The maximum absolute atomic E-state index is 11.9. The lowest BCUT2D eigenvalue weighted by Crippen LogP contribution is -2.35. The summed E-state index contributed by atoms with van der Waals surface area (Å²) in [6.45, 7) is 1.58. The van der Waals surface area contributed by atoms with Crippen LogP contribution >= 0.6 is 11.6 Å². The van der Waals surface area contributed by atoms with Gasteiger partial charge in [-0.05, 0) is 30.7 Å². The number of ketones is 1. The van der Waals surface area contributed by atoms with Crippen LogP contribution in [0, 0.1) is 0 Å². The summed E-state index contributed by atoms with van der Waals surface area (Å²) in [5.74, 6) is -1.71. The minimum atomic E-state index is -0.808. The van der Waals surface area contributed by atoms with Crippen molar-refractivity contribution in [1.82, 2.24) is 5.32 Å². The number of hydrogen-bond donors (Lipinski definition) is 2. The summed E-state index contributed by atoms with van der Waals surface area (Å²) in [5.41, 5.74) is 1.56. The van der Waals surface area contributed by atoms with Crippen molar-refractivity contribution >= 4 is 34.9 Å². The molecule has 5 nitrogen and oxygen atoms in total. The lowest BCUT2D eigenvalue weighted by atomic mass is 10.1. The molecule has 2 rings (SSSR count). The zero-order valence-corrected chi connectivity index (χ0v) is 13.2. The van der Waals surface area contributed by atoms with E-state index in [1.807, 2.05) is 0 Å². The molecule has 6 heteroatoms. The van der Waals surface area contributed by atoms with Crippen LogP contribution < -0.4 is 10.6 Å². The fourth-order valence-corrected chi connectivity index (χ4v) is 2.10. The van der Waals surface area contributed by atoms with Crippen molar-refractivity contribution < 1.29 is 14.4 Å². The molecule has 0 unspecified atom stereocenters. The van der Waals surface area contributed by atoms with Gasteiger partial charge in [0.05, 0.1) is 0 Å². The number of hydrogen-bond acceptors (Lipinski definition) is 3. The summed E-state index contributed by atoms with van der Waals surface area (Å²) in [6, 6.07) is 13.4. The first-order chi connectivity index (χ1) is 11.0. The van der Waals surface area contributed by atoms with Gasteiger partial charge >= 0.3 is 11.8 Å². The molecule has 2 aromatic rings. The van der Waals surface area contributed by atoms with Gasteiger partial charge in [0.1, 0.15) is 0 Å². The quantitative estimate of drug-likeness (QED) is 0.668. The molecule has 0 spiro atoms. The number of nitrogens with one attached hydrogen (secondary N) is 2. The largest absolute Gasteiger partial charge is 0.344 e. The van der Waals surface area contributed by atoms with E-state index in [9.17, 15) is 14.4 Å². The van der Waals surface area contributed by atoms with Crippen LogP contribution in [0.4, 0.5) is 5.69 Å². The smallest absolute Gasteiger partial charge is 0.313 e. The van der Waals surface area contributed by atoms with E-state index in [-0.39, 0.29) is 12.3 Å². The van der Waals surface area contributed by atoms with Crippen molar-refractivity contribution in [3.05, 3.63) is 64.7 Å². The standard InChI is InChI=1S/C17H15ClN2O3/c1-11(21)12-6-4-7-14(9-12)20-17(23)16(22)19-10-13-5-2-3-8-15(13)18/h2-9H,10H2,1H3,(H,19,22)(H,20,23). The Hall–Kier alpha value is -2.66. The second-order valence-electron chi connectivity index (χ2n) is 4.87. The second-order valence-corrected chi connectivity index (χ2v) is 5.27. The predicted molar refractivity (Wildman–Crippen MR) is 88.4 cm³/mol. The van der Waals surface area contributed by atoms with Gasteiger partial charge in [-0.25, -0.2) is 0 Å². The van der Waals surface area contributed by atoms with Gasteiger partial charge in [-0.2, -0.15) is 0 Å². The normalized spacial score (nSPS) is 10.0. The highest BCUT2D eigenvalue weighted by Gasteiger charge is 2.14. The summed E-state index contributed by atoms with van der Waals surface area (Å²) >= 11 is 5.98. The summed E-state index contributed by atoms with van der Waals surface area (Å²) in [6.07, 6.45) is 0. The van der Waals surface area contributed by atoms with Crippen LogP contribution in [0.1, 0.15) is 22.8 Å². The summed E-state index contributed by atoms with van der Waals surface area (Å²) < 4.78 is 0. The number of anilines is 1. The lowest BCUT2D eigenvalue weighted by molar-refractivity contribution is -0.136. The molecule has 23 heavy (non-hydrogen) atoms. The van der Waals surface area contributed by atoms with E-state index in [0.717, 1.165) is 0 Å². The number of carbonyl (C=O) groups excluding carboxylic acids is 3. The van der Waals surface area contributed by atoms with Gasteiger partial charge in [0.15, 0.2) is 5.78 Å². The van der Waals surface area contributed by atoms with E-state index in [0.29, 0.717) is 21.8 Å². The van der Waals surface area contributed by atoms with Gasteiger partial charge < -0.3 is 10.6 Å². The summed E-state index contributed by atoms with van der Waals surface area (Å²) in [7, 11) is 0. The minimum absolute atomic E-state index is 0.121.